The normalized spacial score (nSPS) is 12.8. The molecule has 1 fully saturated rings. The Balaban J connectivity index is 0.000000196. The monoisotopic (exact) mass is 506 g/mol. The van der Waals surface area contributed by atoms with Gasteiger partial charge in [-0.1, -0.05) is 64.5 Å². The highest BCUT2D eigenvalue weighted by atomic mass is 79.9. The Bertz CT molecular complexity index is 1350. The fourth-order valence-corrected chi connectivity index (χ4v) is 4.50. The number of fused-ring (bicyclic) bond motifs is 1. The van der Waals surface area contributed by atoms with Crippen LogP contribution in [-0.4, -0.2) is 10.5 Å². The van der Waals surface area contributed by atoms with Crippen molar-refractivity contribution in [2.45, 2.75) is 24.6 Å². The van der Waals surface area contributed by atoms with E-state index in [-0.39, 0.29) is 11.4 Å². The number of hydrogen-bond donors (Lipinski definition) is 1. The molecular formula is C27H24BrFN2O2. The van der Waals surface area contributed by atoms with Gasteiger partial charge in [-0.05, 0) is 61.1 Å². The molecule has 0 saturated heterocycles. The molecule has 0 radical (unpaired) electrons. The van der Waals surface area contributed by atoms with Crippen molar-refractivity contribution in [3.05, 3.63) is 112 Å². The lowest BCUT2D eigenvalue weighted by atomic mass is 10.0. The molecule has 0 bridgehead atoms. The molecular weight excluding hydrogens is 483 g/mol. The highest BCUT2D eigenvalue weighted by Gasteiger charge is 2.21. The van der Waals surface area contributed by atoms with Crippen molar-refractivity contribution < 1.29 is 9.18 Å². The summed E-state index contributed by atoms with van der Waals surface area (Å²) in [5.41, 5.74) is 8.19. The first-order valence-electron chi connectivity index (χ1n) is 10.8. The number of nitrogens with two attached hydrogens (primary N) is 1. The van der Waals surface area contributed by atoms with Crippen molar-refractivity contribution in [3.8, 4) is 5.69 Å². The number of carbonyl (C=O) groups excluding carboxylic acids is 1. The van der Waals surface area contributed by atoms with Crippen molar-refractivity contribution in [1.29, 1.82) is 0 Å². The molecule has 1 heterocycles. The molecule has 0 atom stereocenters. The first kappa shape index (κ1) is 22.9. The van der Waals surface area contributed by atoms with Crippen LogP contribution in [0.2, 0.25) is 0 Å². The van der Waals surface area contributed by atoms with Crippen LogP contribution in [0.1, 0.15) is 34.5 Å². The highest BCUT2D eigenvalue weighted by Crippen LogP contribution is 2.32. The Hall–Kier alpha value is -3.25. The Morgan fingerprint density at radius 3 is 2.24 bits per heavy atom. The van der Waals surface area contributed by atoms with Crippen LogP contribution >= 0.6 is 15.9 Å². The number of alkyl halides is 1. The van der Waals surface area contributed by atoms with E-state index in [2.05, 4.69) is 15.9 Å². The molecule has 0 spiro atoms. The van der Waals surface area contributed by atoms with Crippen LogP contribution in [0, 0.1) is 11.7 Å². The predicted molar refractivity (Wildman–Crippen MR) is 134 cm³/mol. The zero-order chi connectivity index (χ0) is 23.4. The summed E-state index contributed by atoms with van der Waals surface area (Å²) in [6.45, 7) is 0. The average molecular weight is 507 g/mol. The van der Waals surface area contributed by atoms with Crippen molar-refractivity contribution >= 4 is 32.6 Å². The number of para-hydroxylation sites is 1. The van der Waals surface area contributed by atoms with E-state index in [1.165, 1.54) is 23.5 Å². The second-order valence-corrected chi connectivity index (χ2v) is 8.68. The van der Waals surface area contributed by atoms with Gasteiger partial charge in [-0.25, -0.2) is 4.39 Å². The van der Waals surface area contributed by atoms with Gasteiger partial charge in [0, 0.05) is 21.8 Å². The van der Waals surface area contributed by atoms with Gasteiger partial charge in [0.05, 0.1) is 11.3 Å². The predicted octanol–water partition coefficient (Wildman–Crippen LogP) is 5.76. The van der Waals surface area contributed by atoms with E-state index in [4.69, 9.17) is 5.73 Å². The van der Waals surface area contributed by atoms with E-state index in [1.807, 2.05) is 36.4 Å². The molecule has 4 nitrogen and oxygen atoms in total. The summed E-state index contributed by atoms with van der Waals surface area (Å²) in [4.78, 5) is 24.8. The molecule has 1 amide bonds. The summed E-state index contributed by atoms with van der Waals surface area (Å²) in [5.74, 6) is 0.190. The van der Waals surface area contributed by atoms with E-state index in [9.17, 15) is 14.0 Å². The molecule has 0 aliphatic heterocycles. The Morgan fingerprint density at radius 2 is 1.64 bits per heavy atom. The molecule has 2 N–H and O–H groups in total. The number of aromatic nitrogens is 1. The second kappa shape index (κ2) is 10.1. The first-order valence-corrected chi connectivity index (χ1v) is 11.9. The fraction of sp³-hybridized carbons (Fsp3) is 0.185. The Morgan fingerprint density at radius 1 is 0.970 bits per heavy atom. The summed E-state index contributed by atoms with van der Waals surface area (Å²) in [7, 11) is 0. The molecule has 168 valence electrons. The van der Waals surface area contributed by atoms with E-state index in [0.717, 1.165) is 17.9 Å². The lowest BCUT2D eigenvalue weighted by Gasteiger charge is -2.16. The van der Waals surface area contributed by atoms with Crippen molar-refractivity contribution in [2.75, 3.05) is 0 Å². The van der Waals surface area contributed by atoms with Gasteiger partial charge in [0.1, 0.15) is 5.82 Å². The minimum absolute atomic E-state index is 0.108. The van der Waals surface area contributed by atoms with Crippen molar-refractivity contribution in [3.63, 3.8) is 0 Å². The number of halogens is 2. The van der Waals surface area contributed by atoms with Crippen LogP contribution in [0.5, 0.6) is 0 Å². The van der Waals surface area contributed by atoms with Crippen LogP contribution in [0.3, 0.4) is 0 Å². The van der Waals surface area contributed by atoms with Gasteiger partial charge in [-0.2, -0.15) is 0 Å². The number of rotatable bonds is 5. The average Bonchev–Trinajstić information content (AvgIpc) is 3.63. The Labute approximate surface area is 200 Å². The maximum Gasteiger partial charge on any atom is 0.263 e. The van der Waals surface area contributed by atoms with Crippen LogP contribution in [0.15, 0.2) is 83.7 Å². The van der Waals surface area contributed by atoms with Gasteiger partial charge in [0.25, 0.3) is 11.5 Å². The molecule has 1 aliphatic rings. The summed E-state index contributed by atoms with van der Waals surface area (Å²) >= 11 is 3.38. The summed E-state index contributed by atoms with van der Waals surface area (Å²) in [5, 5.41) is 1.41. The highest BCUT2D eigenvalue weighted by molar-refractivity contribution is 9.08. The van der Waals surface area contributed by atoms with Gasteiger partial charge in [0.15, 0.2) is 0 Å². The molecule has 3 aromatic carbocycles. The van der Waals surface area contributed by atoms with Gasteiger partial charge in [-0.15, -0.1) is 0 Å². The van der Waals surface area contributed by atoms with Gasteiger partial charge in [0.2, 0.25) is 0 Å². The summed E-state index contributed by atoms with van der Waals surface area (Å²) in [6, 6.07) is 23.2. The summed E-state index contributed by atoms with van der Waals surface area (Å²) < 4.78 is 14.2. The molecule has 4 aromatic rings. The van der Waals surface area contributed by atoms with E-state index in [0.29, 0.717) is 33.0 Å². The number of amides is 1. The molecule has 1 aromatic heterocycles. The maximum atomic E-state index is 12.9. The Kier molecular flexibility index (Phi) is 7.04. The molecule has 33 heavy (non-hydrogen) atoms. The van der Waals surface area contributed by atoms with Crippen LogP contribution in [0.25, 0.3) is 16.5 Å². The topological polar surface area (TPSA) is 65.1 Å². The minimum Gasteiger partial charge on any atom is -0.366 e. The van der Waals surface area contributed by atoms with Crippen molar-refractivity contribution in [2.24, 2.45) is 11.7 Å². The third-order valence-electron chi connectivity index (χ3n) is 5.69. The molecule has 1 aliphatic carbocycles. The maximum absolute atomic E-state index is 12.9. The zero-order valence-corrected chi connectivity index (χ0v) is 19.6. The number of primary amides is 1. The second-order valence-electron chi connectivity index (χ2n) is 8.12. The zero-order valence-electron chi connectivity index (χ0n) is 18.0. The van der Waals surface area contributed by atoms with Crippen LogP contribution in [-0.2, 0) is 11.8 Å². The van der Waals surface area contributed by atoms with Gasteiger partial charge >= 0.3 is 0 Å². The lowest BCUT2D eigenvalue weighted by molar-refractivity contribution is 0.100. The standard InChI is InChI=1S/C17H13BrN2O2.C10H11F/c18-10-14-15(16(19)21)12-8-4-5-9-13(12)17(22)20(14)11-6-2-1-3-7-11;11-10-3-1-2-9(7-10)6-8-4-5-8/h1-9H,10H2,(H2,19,21);1-3,7-8H,4-6H2. The third kappa shape index (κ3) is 5.22. The smallest absolute Gasteiger partial charge is 0.263 e. The number of benzene rings is 3. The largest absolute Gasteiger partial charge is 0.366 e. The van der Waals surface area contributed by atoms with Gasteiger partial charge in [-0.3, -0.25) is 14.2 Å². The molecule has 0 unspecified atom stereocenters. The third-order valence-corrected chi connectivity index (χ3v) is 6.22. The molecule has 6 heteroatoms. The van der Waals surface area contributed by atoms with E-state index in [1.54, 1.807) is 36.4 Å². The van der Waals surface area contributed by atoms with Crippen LogP contribution < -0.4 is 11.3 Å². The lowest BCUT2D eigenvalue weighted by Crippen LogP contribution is -2.27. The quantitative estimate of drug-likeness (QED) is 0.349. The van der Waals surface area contributed by atoms with Crippen LogP contribution in [0.4, 0.5) is 4.39 Å². The number of nitrogens with zero attached hydrogens (tertiary/aromatic N) is 1. The SMILES string of the molecule is Fc1cccc(CC2CC2)c1.NC(=O)c1c(CBr)n(-c2ccccc2)c(=O)c2ccccc12. The van der Waals surface area contributed by atoms with E-state index >= 15 is 0 Å². The fourth-order valence-electron chi connectivity index (χ4n) is 3.97. The van der Waals surface area contributed by atoms with E-state index < -0.39 is 5.91 Å². The summed E-state index contributed by atoms with van der Waals surface area (Å²) in [6.07, 6.45) is 3.73. The van der Waals surface area contributed by atoms with Crippen molar-refractivity contribution in [1.82, 2.24) is 4.57 Å². The van der Waals surface area contributed by atoms with Gasteiger partial charge < -0.3 is 5.73 Å². The minimum atomic E-state index is -0.546. The first-order chi connectivity index (χ1) is 16.0. The number of carbonyl (C=O) groups is 1. The number of pyridine rings is 1. The molecule has 1 saturated carbocycles. The molecule has 5 rings (SSSR count). The number of hydrogen-bond acceptors (Lipinski definition) is 2.